The van der Waals surface area contributed by atoms with Crippen molar-refractivity contribution in [2.24, 2.45) is 0 Å². The van der Waals surface area contributed by atoms with Crippen molar-refractivity contribution in [3.8, 4) is 5.75 Å². The molecule has 0 aliphatic carbocycles. The standard InChI is InChI=1S/C22H23F4NO5/c1-12(2)32-19(21(29)30)9-13-4-7-18(31-3)14(8-13)11-27-20(28)16-6-5-15(10-17(16)23)22(24,25)26/h4-8,10,12,19H,9,11H2,1-3H3,(H,27,28)(H,29,30)/t19-/m0/s1. The topological polar surface area (TPSA) is 84.9 Å². The molecule has 0 fully saturated rings. The Balaban J connectivity index is 2.17. The lowest BCUT2D eigenvalue weighted by Crippen LogP contribution is -2.29. The van der Waals surface area contributed by atoms with Crippen LogP contribution in [0.5, 0.6) is 5.75 Å². The van der Waals surface area contributed by atoms with Crippen LogP contribution >= 0.6 is 0 Å². The second kappa shape index (κ2) is 10.4. The average molecular weight is 457 g/mol. The molecule has 32 heavy (non-hydrogen) atoms. The molecule has 6 nitrogen and oxygen atoms in total. The largest absolute Gasteiger partial charge is 0.496 e. The molecule has 0 spiro atoms. The van der Waals surface area contributed by atoms with E-state index < -0.39 is 41.1 Å². The maximum Gasteiger partial charge on any atom is 0.416 e. The summed E-state index contributed by atoms with van der Waals surface area (Å²) in [4.78, 5) is 23.7. The zero-order valence-electron chi connectivity index (χ0n) is 17.6. The molecule has 0 saturated heterocycles. The van der Waals surface area contributed by atoms with E-state index in [1.807, 2.05) is 0 Å². The first-order valence-electron chi connectivity index (χ1n) is 9.61. The fraction of sp³-hybridized carbons (Fsp3) is 0.364. The van der Waals surface area contributed by atoms with Gasteiger partial charge in [-0.15, -0.1) is 0 Å². The number of hydrogen-bond acceptors (Lipinski definition) is 4. The molecule has 1 amide bonds. The van der Waals surface area contributed by atoms with Gasteiger partial charge in [0.05, 0.1) is 24.3 Å². The van der Waals surface area contributed by atoms with E-state index in [2.05, 4.69) is 5.32 Å². The molecule has 2 rings (SSSR count). The summed E-state index contributed by atoms with van der Waals surface area (Å²) >= 11 is 0. The molecule has 1 atom stereocenters. The van der Waals surface area contributed by atoms with Crippen LogP contribution in [-0.2, 0) is 28.7 Å². The Labute approximate surface area is 182 Å². The summed E-state index contributed by atoms with van der Waals surface area (Å²) in [7, 11) is 1.40. The van der Waals surface area contributed by atoms with Crippen LogP contribution in [0.4, 0.5) is 17.6 Å². The third kappa shape index (κ3) is 6.68. The predicted molar refractivity (Wildman–Crippen MR) is 107 cm³/mol. The normalized spacial score (nSPS) is 12.5. The Bertz CT molecular complexity index is 975. The smallest absolute Gasteiger partial charge is 0.416 e. The van der Waals surface area contributed by atoms with Gasteiger partial charge in [0.2, 0.25) is 0 Å². The molecule has 10 heteroatoms. The number of aliphatic carboxylic acids is 1. The monoisotopic (exact) mass is 457 g/mol. The van der Waals surface area contributed by atoms with Crippen LogP contribution in [-0.4, -0.2) is 36.3 Å². The van der Waals surface area contributed by atoms with Gasteiger partial charge in [0, 0.05) is 18.5 Å². The number of nitrogens with one attached hydrogen (secondary N) is 1. The predicted octanol–water partition coefficient (Wildman–Crippen LogP) is 4.20. The SMILES string of the molecule is COc1ccc(C[C@H](OC(C)C)C(=O)O)cc1CNC(=O)c1ccc(C(F)(F)F)cc1F. The lowest BCUT2D eigenvalue weighted by atomic mass is 10.0. The van der Waals surface area contributed by atoms with E-state index in [1.165, 1.54) is 7.11 Å². The van der Waals surface area contributed by atoms with Crippen molar-refractivity contribution in [3.63, 3.8) is 0 Å². The third-order valence-corrected chi connectivity index (χ3v) is 4.46. The summed E-state index contributed by atoms with van der Waals surface area (Å²) in [6.45, 7) is 3.30. The average Bonchev–Trinajstić information content (AvgIpc) is 2.70. The highest BCUT2D eigenvalue weighted by Crippen LogP contribution is 2.30. The van der Waals surface area contributed by atoms with E-state index in [-0.39, 0.29) is 25.1 Å². The van der Waals surface area contributed by atoms with Crippen LogP contribution in [0.1, 0.15) is 40.9 Å². The highest BCUT2D eigenvalue weighted by atomic mass is 19.4. The molecule has 0 heterocycles. The van der Waals surface area contributed by atoms with Gasteiger partial charge in [0.25, 0.3) is 5.91 Å². The molecule has 0 aliphatic rings. The second-order valence-electron chi connectivity index (χ2n) is 7.24. The van der Waals surface area contributed by atoms with Gasteiger partial charge in [-0.3, -0.25) is 4.79 Å². The molecule has 174 valence electrons. The van der Waals surface area contributed by atoms with Crippen molar-refractivity contribution in [2.75, 3.05) is 7.11 Å². The number of amides is 1. The molecule has 0 saturated carbocycles. The Morgan fingerprint density at radius 1 is 1.12 bits per heavy atom. The van der Waals surface area contributed by atoms with Crippen molar-refractivity contribution in [1.29, 1.82) is 0 Å². The van der Waals surface area contributed by atoms with E-state index in [9.17, 15) is 32.3 Å². The first-order valence-corrected chi connectivity index (χ1v) is 9.61. The molecular formula is C22H23F4NO5. The molecule has 2 N–H and O–H groups in total. The number of carboxylic acid groups (broad SMARTS) is 1. The van der Waals surface area contributed by atoms with Crippen LogP contribution in [0, 0.1) is 5.82 Å². The van der Waals surface area contributed by atoms with Crippen molar-refractivity contribution < 1.29 is 41.7 Å². The number of rotatable bonds is 9. The minimum absolute atomic E-state index is 0.0615. The van der Waals surface area contributed by atoms with E-state index in [4.69, 9.17) is 9.47 Å². The number of alkyl halides is 3. The Kier molecular flexibility index (Phi) is 8.20. The minimum Gasteiger partial charge on any atom is -0.496 e. The third-order valence-electron chi connectivity index (χ3n) is 4.46. The molecule has 0 bridgehead atoms. The molecule has 2 aromatic rings. The molecule has 2 aromatic carbocycles. The molecule has 0 aromatic heterocycles. The lowest BCUT2D eigenvalue weighted by Gasteiger charge is -2.18. The quantitative estimate of drug-likeness (QED) is 0.552. The van der Waals surface area contributed by atoms with Gasteiger partial charge in [0.15, 0.2) is 6.10 Å². The molecule has 0 unspecified atom stereocenters. The number of carbonyl (C=O) groups excluding carboxylic acids is 1. The van der Waals surface area contributed by atoms with Gasteiger partial charge in [-0.1, -0.05) is 12.1 Å². The Morgan fingerprint density at radius 2 is 1.81 bits per heavy atom. The summed E-state index contributed by atoms with van der Waals surface area (Å²) in [5, 5.41) is 11.8. The summed E-state index contributed by atoms with van der Waals surface area (Å²) in [6.07, 6.45) is -6.04. The minimum atomic E-state index is -4.73. The van der Waals surface area contributed by atoms with E-state index in [1.54, 1.807) is 32.0 Å². The Morgan fingerprint density at radius 3 is 2.34 bits per heavy atom. The van der Waals surface area contributed by atoms with Crippen molar-refractivity contribution in [1.82, 2.24) is 5.32 Å². The number of halogens is 4. The fourth-order valence-corrected chi connectivity index (χ4v) is 2.98. The van der Waals surface area contributed by atoms with Gasteiger partial charge in [-0.05, 0) is 43.7 Å². The highest BCUT2D eigenvalue weighted by molar-refractivity contribution is 5.94. The number of carboxylic acids is 1. The highest BCUT2D eigenvalue weighted by Gasteiger charge is 2.31. The fourth-order valence-electron chi connectivity index (χ4n) is 2.98. The zero-order chi connectivity index (χ0) is 24.1. The van der Waals surface area contributed by atoms with Crippen LogP contribution in [0.25, 0.3) is 0 Å². The first kappa shape index (κ1) is 25.1. The maximum absolute atomic E-state index is 14.0. The number of methoxy groups -OCH3 is 1. The summed E-state index contributed by atoms with van der Waals surface area (Å²) in [5.74, 6) is -2.94. The van der Waals surface area contributed by atoms with Crippen LogP contribution in [0.15, 0.2) is 36.4 Å². The van der Waals surface area contributed by atoms with E-state index in [0.29, 0.717) is 22.9 Å². The Hall–Kier alpha value is -3.14. The van der Waals surface area contributed by atoms with Gasteiger partial charge < -0.3 is 19.9 Å². The number of hydrogen-bond donors (Lipinski definition) is 2. The maximum atomic E-state index is 14.0. The molecular weight excluding hydrogens is 434 g/mol. The van der Waals surface area contributed by atoms with Gasteiger partial charge in [-0.2, -0.15) is 13.2 Å². The lowest BCUT2D eigenvalue weighted by molar-refractivity contribution is -0.153. The van der Waals surface area contributed by atoms with Crippen molar-refractivity contribution in [2.45, 2.75) is 45.2 Å². The first-order chi connectivity index (χ1) is 14.9. The van der Waals surface area contributed by atoms with Crippen LogP contribution < -0.4 is 10.1 Å². The van der Waals surface area contributed by atoms with Crippen molar-refractivity contribution in [3.05, 3.63) is 64.5 Å². The van der Waals surface area contributed by atoms with Crippen LogP contribution in [0.3, 0.4) is 0 Å². The second-order valence-corrected chi connectivity index (χ2v) is 7.24. The number of carbonyl (C=O) groups is 2. The van der Waals surface area contributed by atoms with Gasteiger partial charge in [0.1, 0.15) is 11.6 Å². The van der Waals surface area contributed by atoms with Crippen LogP contribution in [0.2, 0.25) is 0 Å². The molecule has 0 radical (unpaired) electrons. The number of benzene rings is 2. The van der Waals surface area contributed by atoms with Gasteiger partial charge >= 0.3 is 12.1 Å². The summed E-state index contributed by atoms with van der Waals surface area (Å²) in [6, 6.07) is 6.50. The number of ether oxygens (including phenoxy) is 2. The summed E-state index contributed by atoms with van der Waals surface area (Å²) < 4.78 is 62.7. The summed E-state index contributed by atoms with van der Waals surface area (Å²) in [5.41, 5.74) is -0.662. The van der Waals surface area contributed by atoms with Gasteiger partial charge in [-0.25, -0.2) is 9.18 Å². The van der Waals surface area contributed by atoms with E-state index >= 15 is 0 Å². The van der Waals surface area contributed by atoms with E-state index in [0.717, 1.165) is 6.07 Å². The molecule has 0 aliphatic heterocycles. The van der Waals surface area contributed by atoms with Crippen molar-refractivity contribution >= 4 is 11.9 Å². The zero-order valence-corrected chi connectivity index (χ0v) is 17.6.